The molecule has 0 atom stereocenters. The number of aromatic nitrogens is 1. The largest absolute Gasteiger partial charge is 0.315 e. The zero-order chi connectivity index (χ0) is 18.5. The molecule has 0 spiro atoms. The van der Waals surface area contributed by atoms with Crippen LogP contribution in [0.1, 0.15) is 29.3 Å². The van der Waals surface area contributed by atoms with Gasteiger partial charge < -0.3 is 4.57 Å². The Morgan fingerprint density at radius 1 is 1.08 bits per heavy atom. The van der Waals surface area contributed by atoms with Gasteiger partial charge in [-0.1, -0.05) is 47.5 Å². The number of alkyl halides is 2. The first-order chi connectivity index (χ1) is 12.3. The second kappa shape index (κ2) is 6.22. The zero-order valence-electron chi connectivity index (χ0n) is 13.8. The van der Waals surface area contributed by atoms with Crippen molar-refractivity contribution >= 4 is 28.9 Å². The van der Waals surface area contributed by atoms with E-state index in [9.17, 15) is 8.78 Å². The van der Waals surface area contributed by atoms with Gasteiger partial charge in [-0.2, -0.15) is 0 Å². The number of benzene rings is 2. The third-order valence-electron chi connectivity index (χ3n) is 4.45. The molecule has 6 heteroatoms. The normalized spacial score (nSPS) is 13.7. The first-order valence-electron chi connectivity index (χ1n) is 8.04. The summed E-state index contributed by atoms with van der Waals surface area (Å²) in [5.41, 5.74) is 4.08. The van der Waals surface area contributed by atoms with Gasteiger partial charge in [0.2, 0.25) is 0 Å². The summed E-state index contributed by atoms with van der Waals surface area (Å²) >= 11 is 12.5. The van der Waals surface area contributed by atoms with Crippen LogP contribution in [-0.2, 0) is 12.5 Å². The summed E-state index contributed by atoms with van der Waals surface area (Å²) in [4.78, 5) is 4.71. The van der Waals surface area contributed by atoms with Crippen LogP contribution in [0.2, 0.25) is 10.0 Å². The third kappa shape index (κ3) is 2.93. The summed E-state index contributed by atoms with van der Waals surface area (Å²) in [6.45, 7) is 1.27. The van der Waals surface area contributed by atoms with Crippen molar-refractivity contribution in [2.45, 2.75) is 19.4 Å². The highest BCUT2D eigenvalue weighted by molar-refractivity contribution is 6.35. The average molecular weight is 391 g/mol. The van der Waals surface area contributed by atoms with Crippen molar-refractivity contribution in [1.29, 1.82) is 0 Å². The molecule has 0 amide bonds. The highest BCUT2D eigenvalue weighted by atomic mass is 35.5. The standard InChI is InChI=1S/C20H14Cl2F2N2/c1-20(23,24)13-6-4-12(5-7-13)19-17-3-2-8-26(17)18-10-14(21)9-16(22)15(18)11-25-19/h2-10H,11H2,1H3. The minimum absolute atomic E-state index is 0.0241. The van der Waals surface area contributed by atoms with Gasteiger partial charge >= 0.3 is 0 Å². The van der Waals surface area contributed by atoms with Crippen LogP contribution in [-0.4, -0.2) is 10.3 Å². The minimum Gasteiger partial charge on any atom is -0.315 e. The first-order valence-corrected chi connectivity index (χ1v) is 8.79. The van der Waals surface area contributed by atoms with E-state index < -0.39 is 5.92 Å². The highest BCUT2D eigenvalue weighted by Gasteiger charge is 2.25. The molecule has 4 rings (SSSR count). The molecule has 26 heavy (non-hydrogen) atoms. The van der Waals surface area contributed by atoms with Gasteiger partial charge in [-0.05, 0) is 24.3 Å². The Morgan fingerprint density at radius 3 is 2.50 bits per heavy atom. The molecule has 0 saturated carbocycles. The summed E-state index contributed by atoms with van der Waals surface area (Å²) in [6.07, 6.45) is 1.91. The lowest BCUT2D eigenvalue weighted by Crippen LogP contribution is -2.10. The second-order valence-corrected chi connectivity index (χ2v) is 7.12. The quantitative estimate of drug-likeness (QED) is 0.492. The number of hydrogen-bond acceptors (Lipinski definition) is 1. The molecule has 0 bridgehead atoms. The van der Waals surface area contributed by atoms with E-state index >= 15 is 0 Å². The van der Waals surface area contributed by atoms with Crippen LogP contribution >= 0.6 is 23.2 Å². The number of fused-ring (bicyclic) bond motifs is 3. The van der Waals surface area contributed by atoms with Crippen molar-refractivity contribution in [2.75, 3.05) is 0 Å². The van der Waals surface area contributed by atoms with Gasteiger partial charge in [-0.3, -0.25) is 4.99 Å². The summed E-state index contributed by atoms with van der Waals surface area (Å²) in [5, 5.41) is 1.10. The SMILES string of the molecule is CC(F)(F)c1ccc(C2=NCc3c(Cl)cc(Cl)cc3-n3cccc32)cc1. The molecule has 132 valence electrons. The van der Waals surface area contributed by atoms with E-state index in [1.54, 1.807) is 18.2 Å². The number of halogens is 4. The van der Waals surface area contributed by atoms with Crippen molar-refractivity contribution < 1.29 is 8.78 Å². The maximum absolute atomic E-state index is 13.5. The summed E-state index contributed by atoms with van der Waals surface area (Å²) in [5.74, 6) is -2.87. The van der Waals surface area contributed by atoms with Crippen molar-refractivity contribution in [1.82, 2.24) is 4.57 Å². The van der Waals surface area contributed by atoms with Crippen molar-refractivity contribution in [3.05, 3.63) is 87.2 Å². The molecular formula is C20H14Cl2F2N2. The molecule has 2 nitrogen and oxygen atoms in total. The lowest BCUT2D eigenvalue weighted by molar-refractivity contribution is 0.0175. The van der Waals surface area contributed by atoms with Crippen LogP contribution in [0, 0.1) is 0 Å². The summed E-state index contributed by atoms with van der Waals surface area (Å²) in [6, 6.07) is 13.6. The van der Waals surface area contributed by atoms with Crippen LogP contribution in [0.25, 0.3) is 5.69 Å². The molecule has 0 radical (unpaired) electrons. The lowest BCUT2D eigenvalue weighted by atomic mass is 10.0. The highest BCUT2D eigenvalue weighted by Crippen LogP contribution is 2.33. The zero-order valence-corrected chi connectivity index (χ0v) is 15.3. The number of nitrogens with zero attached hydrogens (tertiary/aromatic N) is 2. The van der Waals surface area contributed by atoms with Gasteiger partial charge in [-0.25, -0.2) is 8.78 Å². The monoisotopic (exact) mass is 390 g/mol. The molecule has 2 heterocycles. The molecule has 1 aromatic heterocycles. The fourth-order valence-electron chi connectivity index (χ4n) is 3.14. The van der Waals surface area contributed by atoms with Crippen LogP contribution in [0.4, 0.5) is 8.78 Å². The maximum atomic E-state index is 13.5. The minimum atomic E-state index is -2.87. The van der Waals surface area contributed by atoms with Crippen molar-refractivity contribution in [3.8, 4) is 5.69 Å². The molecule has 0 N–H and O–H groups in total. The Hall–Kier alpha value is -2.17. The van der Waals surface area contributed by atoms with E-state index in [4.69, 9.17) is 28.2 Å². The molecular weight excluding hydrogens is 377 g/mol. The molecule has 1 aliphatic heterocycles. The molecule has 1 aliphatic rings. The van der Waals surface area contributed by atoms with Crippen molar-refractivity contribution in [2.24, 2.45) is 4.99 Å². The Kier molecular flexibility index (Phi) is 4.13. The van der Waals surface area contributed by atoms with E-state index in [2.05, 4.69) is 0 Å². The topological polar surface area (TPSA) is 17.3 Å². The fraction of sp³-hybridized carbons (Fsp3) is 0.150. The van der Waals surface area contributed by atoms with Crippen LogP contribution in [0.5, 0.6) is 0 Å². The molecule has 2 aromatic carbocycles. The van der Waals surface area contributed by atoms with Gasteiger partial charge in [0.1, 0.15) is 0 Å². The Labute approximate surface area is 159 Å². The molecule has 0 unspecified atom stereocenters. The van der Waals surface area contributed by atoms with Gasteiger partial charge in [0.05, 0.1) is 23.6 Å². The van der Waals surface area contributed by atoms with E-state index in [1.807, 2.05) is 29.0 Å². The molecule has 0 saturated heterocycles. The second-order valence-electron chi connectivity index (χ2n) is 6.28. The van der Waals surface area contributed by atoms with Crippen molar-refractivity contribution in [3.63, 3.8) is 0 Å². The summed E-state index contributed by atoms with van der Waals surface area (Å²) in [7, 11) is 0. The van der Waals surface area contributed by atoms with E-state index in [1.165, 1.54) is 12.1 Å². The van der Waals surface area contributed by atoms with E-state index in [0.29, 0.717) is 16.6 Å². The number of rotatable bonds is 2. The lowest BCUT2D eigenvalue weighted by Gasteiger charge is -2.13. The molecule has 0 aliphatic carbocycles. The maximum Gasteiger partial charge on any atom is 0.270 e. The van der Waals surface area contributed by atoms with E-state index in [0.717, 1.165) is 35.1 Å². The number of aliphatic imine (C=N–C) groups is 1. The predicted octanol–water partition coefficient (Wildman–Crippen LogP) is 6.25. The molecule has 3 aromatic rings. The fourth-order valence-corrected chi connectivity index (χ4v) is 3.69. The van der Waals surface area contributed by atoms with Gasteiger partial charge in [0.25, 0.3) is 5.92 Å². The summed E-state index contributed by atoms with van der Waals surface area (Å²) < 4.78 is 28.9. The smallest absolute Gasteiger partial charge is 0.270 e. The third-order valence-corrected chi connectivity index (χ3v) is 5.00. The van der Waals surface area contributed by atoms with E-state index in [-0.39, 0.29) is 5.56 Å². The van der Waals surface area contributed by atoms with Crippen LogP contribution in [0.15, 0.2) is 59.7 Å². The Bertz CT molecular complexity index is 1020. The van der Waals surface area contributed by atoms with Gasteiger partial charge in [-0.15, -0.1) is 0 Å². The Morgan fingerprint density at radius 2 is 1.81 bits per heavy atom. The molecule has 0 fully saturated rings. The van der Waals surface area contributed by atoms with Crippen LogP contribution in [0.3, 0.4) is 0 Å². The van der Waals surface area contributed by atoms with Crippen LogP contribution < -0.4 is 0 Å². The number of hydrogen-bond donors (Lipinski definition) is 0. The Balaban J connectivity index is 1.85. The van der Waals surface area contributed by atoms with Gasteiger partial charge in [0.15, 0.2) is 0 Å². The average Bonchev–Trinajstić information content (AvgIpc) is 2.99. The van der Waals surface area contributed by atoms with Gasteiger partial charge in [0, 0.05) is 39.9 Å². The first kappa shape index (κ1) is 17.3. The predicted molar refractivity (Wildman–Crippen MR) is 101 cm³/mol.